The highest BCUT2D eigenvalue weighted by molar-refractivity contribution is 5.92. The van der Waals surface area contributed by atoms with Gasteiger partial charge in [0, 0.05) is 39.0 Å². The first-order chi connectivity index (χ1) is 9.60. The van der Waals surface area contributed by atoms with Gasteiger partial charge in [-0.3, -0.25) is 14.4 Å². The van der Waals surface area contributed by atoms with Crippen molar-refractivity contribution >= 4 is 5.91 Å². The van der Waals surface area contributed by atoms with Gasteiger partial charge in [-0.15, -0.1) is 0 Å². The molecule has 1 aromatic heterocycles. The number of methoxy groups -OCH3 is 1. The minimum atomic E-state index is -0.0766. The lowest BCUT2D eigenvalue weighted by atomic mass is 10.1. The minimum absolute atomic E-state index is 0.0766. The molecule has 0 aromatic carbocycles. The van der Waals surface area contributed by atoms with Crippen molar-refractivity contribution in [2.45, 2.75) is 25.8 Å². The summed E-state index contributed by atoms with van der Waals surface area (Å²) in [4.78, 5) is 14.5. The molecule has 1 amide bonds. The quantitative estimate of drug-likeness (QED) is 0.856. The van der Waals surface area contributed by atoms with Gasteiger partial charge < -0.3 is 10.1 Å². The minimum Gasteiger partial charge on any atom is -0.383 e. The summed E-state index contributed by atoms with van der Waals surface area (Å²) in [5.41, 5.74) is 1.49. The molecule has 0 saturated carbocycles. The number of carbonyl (C=O) groups is 1. The van der Waals surface area contributed by atoms with Crippen LogP contribution in [0.5, 0.6) is 0 Å². The first kappa shape index (κ1) is 15.0. The van der Waals surface area contributed by atoms with E-state index in [4.69, 9.17) is 4.74 Å². The Morgan fingerprint density at radius 3 is 3.05 bits per heavy atom. The monoisotopic (exact) mass is 280 g/mol. The maximum absolute atomic E-state index is 12.2. The number of nitrogens with one attached hydrogen (secondary N) is 1. The van der Waals surface area contributed by atoms with Gasteiger partial charge in [0.05, 0.1) is 6.61 Å². The molecule has 112 valence electrons. The largest absolute Gasteiger partial charge is 0.383 e. The van der Waals surface area contributed by atoms with E-state index in [0.717, 1.165) is 44.8 Å². The molecule has 1 aromatic rings. The number of carbonyl (C=O) groups excluding carboxylic acids is 1. The van der Waals surface area contributed by atoms with Crippen LogP contribution in [-0.2, 0) is 11.8 Å². The molecule has 0 aliphatic carbocycles. The Kier molecular flexibility index (Phi) is 5.14. The van der Waals surface area contributed by atoms with Crippen LogP contribution in [0.25, 0.3) is 0 Å². The van der Waals surface area contributed by atoms with E-state index < -0.39 is 0 Å². The molecule has 1 saturated heterocycles. The van der Waals surface area contributed by atoms with Crippen molar-refractivity contribution in [1.29, 1.82) is 0 Å². The Labute approximate surface area is 120 Å². The molecule has 1 fully saturated rings. The number of likely N-dealkylation sites (tertiary alicyclic amines) is 1. The van der Waals surface area contributed by atoms with Gasteiger partial charge in [0.15, 0.2) is 0 Å². The fourth-order valence-electron chi connectivity index (χ4n) is 2.53. The molecule has 2 heterocycles. The van der Waals surface area contributed by atoms with E-state index in [0.29, 0.717) is 5.69 Å². The van der Waals surface area contributed by atoms with Crippen LogP contribution in [0.2, 0.25) is 0 Å². The Morgan fingerprint density at radius 2 is 2.40 bits per heavy atom. The van der Waals surface area contributed by atoms with Gasteiger partial charge in [0.2, 0.25) is 0 Å². The SMILES string of the molecule is COCCN1CCCC(NC(=O)c2cc(C)n(C)n2)C1. The molecule has 1 aliphatic heterocycles. The van der Waals surface area contributed by atoms with E-state index in [9.17, 15) is 4.79 Å². The molecular formula is C14H24N4O2. The molecule has 1 N–H and O–H groups in total. The van der Waals surface area contributed by atoms with Gasteiger partial charge in [-0.25, -0.2) is 0 Å². The average molecular weight is 280 g/mol. The van der Waals surface area contributed by atoms with Crippen molar-refractivity contribution in [3.63, 3.8) is 0 Å². The second-order valence-corrected chi connectivity index (χ2v) is 5.40. The molecule has 0 radical (unpaired) electrons. The van der Waals surface area contributed by atoms with E-state index in [-0.39, 0.29) is 11.9 Å². The highest BCUT2D eigenvalue weighted by Crippen LogP contribution is 2.11. The van der Waals surface area contributed by atoms with Gasteiger partial charge in [0.1, 0.15) is 5.69 Å². The molecule has 0 bridgehead atoms. The van der Waals surface area contributed by atoms with Crippen molar-refractivity contribution in [2.24, 2.45) is 7.05 Å². The van der Waals surface area contributed by atoms with Crippen molar-refractivity contribution < 1.29 is 9.53 Å². The third kappa shape index (κ3) is 3.80. The van der Waals surface area contributed by atoms with Gasteiger partial charge in [0.25, 0.3) is 5.91 Å². The summed E-state index contributed by atoms with van der Waals surface area (Å²) in [5.74, 6) is -0.0766. The molecule has 1 aliphatic rings. The zero-order valence-corrected chi connectivity index (χ0v) is 12.6. The summed E-state index contributed by atoms with van der Waals surface area (Å²) < 4.78 is 6.83. The summed E-state index contributed by atoms with van der Waals surface area (Å²) >= 11 is 0. The van der Waals surface area contributed by atoms with Gasteiger partial charge in [-0.2, -0.15) is 5.10 Å². The summed E-state index contributed by atoms with van der Waals surface area (Å²) in [6, 6.07) is 2.02. The molecule has 20 heavy (non-hydrogen) atoms. The number of nitrogens with zero attached hydrogens (tertiary/aromatic N) is 3. The molecule has 0 spiro atoms. The summed E-state index contributed by atoms with van der Waals surface area (Å²) in [7, 11) is 3.56. The third-order valence-electron chi connectivity index (χ3n) is 3.80. The Morgan fingerprint density at radius 1 is 1.60 bits per heavy atom. The van der Waals surface area contributed by atoms with Crippen molar-refractivity contribution in [3.05, 3.63) is 17.5 Å². The number of piperidine rings is 1. The fraction of sp³-hybridized carbons (Fsp3) is 0.714. The van der Waals surface area contributed by atoms with Crippen LogP contribution in [0.4, 0.5) is 0 Å². The van der Waals surface area contributed by atoms with Gasteiger partial charge in [-0.1, -0.05) is 0 Å². The summed E-state index contributed by atoms with van der Waals surface area (Å²) in [6.45, 7) is 5.57. The van der Waals surface area contributed by atoms with Gasteiger partial charge >= 0.3 is 0 Å². The second-order valence-electron chi connectivity index (χ2n) is 5.40. The summed E-state index contributed by atoms with van der Waals surface area (Å²) in [6.07, 6.45) is 2.14. The van der Waals surface area contributed by atoms with Crippen LogP contribution in [0.1, 0.15) is 29.0 Å². The number of aromatic nitrogens is 2. The van der Waals surface area contributed by atoms with E-state index in [1.807, 2.05) is 20.0 Å². The standard InChI is InChI=1S/C14H24N4O2/c1-11-9-13(16-17(11)2)14(19)15-12-5-4-6-18(10-12)7-8-20-3/h9,12H,4-8,10H2,1-3H3,(H,15,19). The number of ether oxygens (including phenoxy) is 1. The third-order valence-corrected chi connectivity index (χ3v) is 3.80. The van der Waals surface area contributed by atoms with E-state index in [1.165, 1.54) is 0 Å². The smallest absolute Gasteiger partial charge is 0.272 e. The number of aryl methyl sites for hydroxylation is 2. The predicted octanol–water partition coefficient (Wildman–Crippen LogP) is 0.569. The normalized spacial score (nSPS) is 20.1. The molecule has 6 nitrogen and oxygen atoms in total. The van der Waals surface area contributed by atoms with Crippen molar-refractivity contribution in [3.8, 4) is 0 Å². The molecule has 1 unspecified atom stereocenters. The average Bonchev–Trinajstić information content (AvgIpc) is 2.77. The van der Waals surface area contributed by atoms with E-state index in [2.05, 4.69) is 15.3 Å². The van der Waals surface area contributed by atoms with Crippen LogP contribution in [0, 0.1) is 6.92 Å². The van der Waals surface area contributed by atoms with Crippen LogP contribution in [0.3, 0.4) is 0 Å². The van der Waals surface area contributed by atoms with Crippen LogP contribution >= 0.6 is 0 Å². The summed E-state index contributed by atoms with van der Waals surface area (Å²) in [5, 5.41) is 7.30. The molecule has 6 heteroatoms. The Bertz CT molecular complexity index is 439. The number of rotatable bonds is 5. The van der Waals surface area contributed by atoms with Crippen LogP contribution < -0.4 is 5.32 Å². The van der Waals surface area contributed by atoms with E-state index in [1.54, 1.807) is 11.8 Å². The zero-order valence-electron chi connectivity index (χ0n) is 12.6. The van der Waals surface area contributed by atoms with E-state index >= 15 is 0 Å². The van der Waals surface area contributed by atoms with Crippen LogP contribution in [0.15, 0.2) is 6.07 Å². The number of hydrogen-bond acceptors (Lipinski definition) is 4. The Balaban J connectivity index is 1.87. The predicted molar refractivity (Wildman–Crippen MR) is 76.7 cm³/mol. The topological polar surface area (TPSA) is 59.4 Å². The lowest BCUT2D eigenvalue weighted by Gasteiger charge is -2.32. The zero-order chi connectivity index (χ0) is 14.5. The first-order valence-corrected chi connectivity index (χ1v) is 7.13. The fourth-order valence-corrected chi connectivity index (χ4v) is 2.53. The maximum atomic E-state index is 12.2. The molecule has 1 atom stereocenters. The highest BCUT2D eigenvalue weighted by atomic mass is 16.5. The molecule has 2 rings (SSSR count). The number of hydrogen-bond donors (Lipinski definition) is 1. The lowest BCUT2D eigenvalue weighted by Crippen LogP contribution is -2.48. The van der Waals surface area contributed by atoms with Crippen molar-refractivity contribution in [2.75, 3.05) is 33.4 Å². The van der Waals surface area contributed by atoms with Gasteiger partial charge in [-0.05, 0) is 32.4 Å². The maximum Gasteiger partial charge on any atom is 0.272 e. The van der Waals surface area contributed by atoms with Crippen LogP contribution in [-0.4, -0.2) is 60.0 Å². The Hall–Kier alpha value is -1.40. The highest BCUT2D eigenvalue weighted by Gasteiger charge is 2.22. The number of amides is 1. The second kappa shape index (κ2) is 6.85. The molecular weight excluding hydrogens is 256 g/mol. The first-order valence-electron chi connectivity index (χ1n) is 7.13. The van der Waals surface area contributed by atoms with Crippen molar-refractivity contribution in [1.82, 2.24) is 20.0 Å². The lowest BCUT2D eigenvalue weighted by molar-refractivity contribution is 0.0873.